The van der Waals surface area contributed by atoms with Gasteiger partial charge in [-0.3, -0.25) is 4.79 Å². The van der Waals surface area contributed by atoms with Gasteiger partial charge in [-0.25, -0.2) is 9.78 Å². The highest BCUT2D eigenvalue weighted by molar-refractivity contribution is 5.96. The molecule has 0 unspecified atom stereocenters. The number of methoxy groups -OCH3 is 1. The molecule has 0 bridgehead atoms. The van der Waals surface area contributed by atoms with E-state index in [1.54, 1.807) is 4.90 Å². The molecule has 1 aromatic heterocycles. The van der Waals surface area contributed by atoms with Crippen molar-refractivity contribution in [1.29, 1.82) is 0 Å². The Bertz CT molecular complexity index is 487. The summed E-state index contributed by atoms with van der Waals surface area (Å²) in [5.74, 6) is -0.335. The zero-order valence-electron chi connectivity index (χ0n) is 12.0. The molecule has 1 rings (SSSR count). The molecule has 0 spiro atoms. The van der Waals surface area contributed by atoms with Gasteiger partial charge in [0.15, 0.2) is 0 Å². The van der Waals surface area contributed by atoms with Gasteiger partial charge in [-0.05, 0) is 19.9 Å². The Balaban J connectivity index is 2.82. The average Bonchev–Trinajstić information content (AvgIpc) is 2.46. The first kappa shape index (κ1) is 15.7. The fraction of sp³-hybridized carbons (Fsp3) is 0.462. The van der Waals surface area contributed by atoms with E-state index in [4.69, 9.17) is 5.73 Å². The van der Waals surface area contributed by atoms with E-state index < -0.39 is 5.97 Å². The van der Waals surface area contributed by atoms with Gasteiger partial charge >= 0.3 is 5.97 Å². The van der Waals surface area contributed by atoms with Crippen LogP contribution < -0.4 is 11.1 Å². The fourth-order valence-corrected chi connectivity index (χ4v) is 1.73. The number of aromatic nitrogens is 1. The van der Waals surface area contributed by atoms with Crippen molar-refractivity contribution < 1.29 is 14.3 Å². The second-order valence-corrected chi connectivity index (χ2v) is 4.08. The number of esters is 1. The summed E-state index contributed by atoms with van der Waals surface area (Å²) < 4.78 is 4.66. The van der Waals surface area contributed by atoms with E-state index in [0.29, 0.717) is 18.8 Å². The number of nitrogens with two attached hydrogens (primary N) is 1. The lowest BCUT2D eigenvalue weighted by molar-refractivity contribution is -0.128. The second-order valence-electron chi connectivity index (χ2n) is 4.08. The van der Waals surface area contributed by atoms with Crippen molar-refractivity contribution in [3.63, 3.8) is 0 Å². The van der Waals surface area contributed by atoms with Crippen molar-refractivity contribution in [3.05, 3.63) is 17.8 Å². The van der Waals surface area contributed by atoms with Crippen LogP contribution in [0, 0.1) is 0 Å². The molecule has 110 valence electrons. The zero-order valence-corrected chi connectivity index (χ0v) is 12.0. The van der Waals surface area contributed by atoms with Crippen molar-refractivity contribution in [1.82, 2.24) is 9.88 Å². The predicted molar refractivity (Wildman–Crippen MR) is 76.4 cm³/mol. The van der Waals surface area contributed by atoms with Crippen molar-refractivity contribution in [3.8, 4) is 0 Å². The number of ether oxygens (including phenoxy) is 1. The summed E-state index contributed by atoms with van der Waals surface area (Å²) in [6, 6.07) is 1.46. The minimum absolute atomic E-state index is 0.0581. The Labute approximate surface area is 118 Å². The van der Waals surface area contributed by atoms with Gasteiger partial charge in [0.2, 0.25) is 5.91 Å². The van der Waals surface area contributed by atoms with Gasteiger partial charge < -0.3 is 20.7 Å². The predicted octanol–water partition coefficient (Wildman–Crippen LogP) is 0.731. The molecule has 3 N–H and O–H groups in total. The number of carbonyl (C=O) groups excluding carboxylic acids is 2. The summed E-state index contributed by atoms with van der Waals surface area (Å²) >= 11 is 0. The Morgan fingerprint density at radius 1 is 1.40 bits per heavy atom. The quantitative estimate of drug-likeness (QED) is 0.746. The minimum atomic E-state index is -0.553. The number of carbonyl (C=O) groups is 2. The molecule has 1 amide bonds. The number of hydrogen-bond donors (Lipinski definition) is 2. The van der Waals surface area contributed by atoms with Crippen LogP contribution in [0.3, 0.4) is 0 Å². The van der Waals surface area contributed by atoms with Gasteiger partial charge in [-0.15, -0.1) is 0 Å². The summed E-state index contributed by atoms with van der Waals surface area (Å²) in [5.41, 5.74) is 6.15. The molecule has 0 atom stereocenters. The topological polar surface area (TPSA) is 97.5 Å². The third kappa shape index (κ3) is 3.84. The summed E-state index contributed by atoms with van der Waals surface area (Å²) in [4.78, 5) is 29.2. The first-order valence-electron chi connectivity index (χ1n) is 6.38. The van der Waals surface area contributed by atoms with Crippen molar-refractivity contribution in [2.75, 3.05) is 37.8 Å². The molecule has 0 aliphatic carbocycles. The lowest BCUT2D eigenvalue weighted by atomic mass is 10.2. The van der Waals surface area contributed by atoms with E-state index >= 15 is 0 Å². The highest BCUT2D eigenvalue weighted by Gasteiger charge is 2.16. The van der Waals surface area contributed by atoms with Crippen LogP contribution in [-0.2, 0) is 9.53 Å². The normalized spacial score (nSPS) is 9.95. The SMILES string of the molecule is CCN(CC)C(=O)CNc1ncc(N)cc1C(=O)OC. The standard InChI is InChI=1S/C13H20N4O3/c1-4-17(5-2)11(18)8-16-12-10(13(19)20-3)6-9(14)7-15-12/h6-7H,4-5,8,14H2,1-3H3,(H,15,16). The van der Waals surface area contributed by atoms with E-state index in [1.165, 1.54) is 19.4 Å². The molecule has 0 aliphatic heterocycles. The first-order chi connectivity index (χ1) is 9.53. The van der Waals surface area contributed by atoms with Crippen LogP contribution in [0.25, 0.3) is 0 Å². The number of rotatable bonds is 6. The van der Waals surface area contributed by atoms with Crippen LogP contribution in [0.1, 0.15) is 24.2 Å². The van der Waals surface area contributed by atoms with E-state index in [9.17, 15) is 9.59 Å². The van der Waals surface area contributed by atoms with Crippen LogP contribution in [0.15, 0.2) is 12.3 Å². The second kappa shape index (κ2) is 7.32. The summed E-state index contributed by atoms with van der Waals surface area (Å²) in [6.07, 6.45) is 1.41. The first-order valence-corrected chi connectivity index (χ1v) is 6.38. The smallest absolute Gasteiger partial charge is 0.341 e. The zero-order chi connectivity index (χ0) is 15.1. The lowest BCUT2D eigenvalue weighted by Gasteiger charge is -2.19. The highest BCUT2D eigenvalue weighted by Crippen LogP contribution is 2.16. The van der Waals surface area contributed by atoms with Gasteiger partial charge in [0.25, 0.3) is 0 Å². The monoisotopic (exact) mass is 280 g/mol. The van der Waals surface area contributed by atoms with Gasteiger partial charge in [0, 0.05) is 13.1 Å². The van der Waals surface area contributed by atoms with Crippen molar-refractivity contribution in [2.45, 2.75) is 13.8 Å². The van der Waals surface area contributed by atoms with Gasteiger partial charge in [0.1, 0.15) is 11.4 Å². The molecular weight excluding hydrogens is 260 g/mol. The molecule has 1 heterocycles. The Morgan fingerprint density at radius 3 is 2.60 bits per heavy atom. The molecule has 0 saturated heterocycles. The van der Waals surface area contributed by atoms with Crippen LogP contribution in [0.5, 0.6) is 0 Å². The van der Waals surface area contributed by atoms with Crippen LogP contribution >= 0.6 is 0 Å². The molecule has 0 fully saturated rings. The molecule has 20 heavy (non-hydrogen) atoms. The molecule has 0 radical (unpaired) electrons. The molecule has 7 nitrogen and oxygen atoms in total. The van der Waals surface area contributed by atoms with Gasteiger partial charge in [-0.2, -0.15) is 0 Å². The Kier molecular flexibility index (Phi) is 5.76. The maximum Gasteiger partial charge on any atom is 0.341 e. The number of hydrogen-bond acceptors (Lipinski definition) is 6. The number of likely N-dealkylation sites (N-methyl/N-ethyl adjacent to an activating group) is 1. The van der Waals surface area contributed by atoms with Crippen LogP contribution in [-0.4, -0.2) is 48.5 Å². The van der Waals surface area contributed by atoms with Crippen molar-refractivity contribution >= 4 is 23.4 Å². The number of amides is 1. The maximum atomic E-state index is 11.9. The number of pyridine rings is 1. The van der Waals surface area contributed by atoms with Gasteiger partial charge in [0.05, 0.1) is 25.5 Å². The molecule has 1 aromatic rings. The molecular formula is C13H20N4O3. The third-order valence-electron chi connectivity index (χ3n) is 2.84. The number of anilines is 2. The number of nitrogen functional groups attached to an aromatic ring is 1. The molecule has 0 aliphatic rings. The number of nitrogens with zero attached hydrogens (tertiary/aromatic N) is 2. The fourth-order valence-electron chi connectivity index (χ4n) is 1.73. The maximum absolute atomic E-state index is 11.9. The van der Waals surface area contributed by atoms with E-state index in [2.05, 4.69) is 15.0 Å². The lowest BCUT2D eigenvalue weighted by Crippen LogP contribution is -2.35. The van der Waals surface area contributed by atoms with E-state index in [0.717, 1.165) is 0 Å². The largest absolute Gasteiger partial charge is 0.465 e. The highest BCUT2D eigenvalue weighted by atomic mass is 16.5. The van der Waals surface area contributed by atoms with Gasteiger partial charge in [-0.1, -0.05) is 0 Å². The average molecular weight is 280 g/mol. The molecule has 0 saturated carbocycles. The summed E-state index contributed by atoms with van der Waals surface area (Å²) in [5, 5.41) is 2.85. The molecule has 7 heteroatoms. The van der Waals surface area contributed by atoms with E-state index in [1.807, 2.05) is 13.8 Å². The Morgan fingerprint density at radius 2 is 2.05 bits per heavy atom. The summed E-state index contributed by atoms with van der Waals surface area (Å²) in [6.45, 7) is 5.14. The van der Waals surface area contributed by atoms with Crippen LogP contribution in [0.4, 0.5) is 11.5 Å². The summed E-state index contributed by atoms with van der Waals surface area (Å²) in [7, 11) is 1.27. The van der Waals surface area contributed by atoms with Crippen molar-refractivity contribution in [2.24, 2.45) is 0 Å². The molecule has 0 aromatic carbocycles. The third-order valence-corrected chi connectivity index (χ3v) is 2.84. The van der Waals surface area contributed by atoms with Crippen LogP contribution in [0.2, 0.25) is 0 Å². The number of nitrogens with one attached hydrogen (secondary N) is 1. The van der Waals surface area contributed by atoms with E-state index in [-0.39, 0.29) is 23.8 Å². The minimum Gasteiger partial charge on any atom is -0.465 e. The Hall–Kier alpha value is -2.31.